The summed E-state index contributed by atoms with van der Waals surface area (Å²) in [6.07, 6.45) is 1.17. The largest absolute Gasteiger partial charge is 0.497 e. The Hall–Kier alpha value is -2.18. The van der Waals surface area contributed by atoms with E-state index in [1.807, 2.05) is 62.4 Å². The van der Waals surface area contributed by atoms with Crippen LogP contribution in [0, 0.1) is 0 Å². The van der Waals surface area contributed by atoms with Crippen molar-refractivity contribution in [1.29, 1.82) is 0 Å². The second-order valence-corrected chi connectivity index (χ2v) is 9.02. The van der Waals surface area contributed by atoms with E-state index in [1.165, 1.54) is 0 Å². The first-order valence-corrected chi connectivity index (χ1v) is 11.8. The van der Waals surface area contributed by atoms with Gasteiger partial charge in [0, 0.05) is 34.7 Å². The number of thioether (sulfide) groups is 1. The number of benzene rings is 2. The molecule has 2 amide bonds. The van der Waals surface area contributed by atoms with E-state index in [1.54, 1.807) is 30.7 Å². The fourth-order valence-electron chi connectivity index (χ4n) is 2.91. The normalized spacial score (nSPS) is 12.7. The third-order valence-corrected chi connectivity index (χ3v) is 6.34. The van der Waals surface area contributed by atoms with Crippen molar-refractivity contribution in [3.05, 3.63) is 59.1 Å². The van der Waals surface area contributed by atoms with E-state index < -0.39 is 6.04 Å². The van der Waals surface area contributed by atoms with Crippen molar-refractivity contribution < 1.29 is 14.3 Å². The lowest BCUT2D eigenvalue weighted by atomic mass is 10.1. The molecule has 0 radical (unpaired) electrons. The van der Waals surface area contributed by atoms with E-state index in [9.17, 15) is 9.59 Å². The minimum atomic E-state index is -0.566. The van der Waals surface area contributed by atoms with Crippen LogP contribution in [0.1, 0.15) is 39.2 Å². The van der Waals surface area contributed by atoms with Crippen LogP contribution in [0.4, 0.5) is 0 Å². The topological polar surface area (TPSA) is 58.6 Å². The Kier molecular flexibility index (Phi) is 10.2. The van der Waals surface area contributed by atoms with Crippen LogP contribution in [0.2, 0.25) is 5.02 Å². The molecule has 0 aromatic heterocycles. The summed E-state index contributed by atoms with van der Waals surface area (Å²) in [6.45, 7) is 6.13. The summed E-state index contributed by atoms with van der Waals surface area (Å²) < 4.78 is 5.21. The van der Waals surface area contributed by atoms with E-state index in [-0.39, 0.29) is 17.9 Å². The number of hydrogen-bond donors (Lipinski definition) is 1. The zero-order chi connectivity index (χ0) is 22.8. The molecule has 0 aliphatic rings. The fraction of sp³-hybridized carbons (Fsp3) is 0.417. The number of nitrogens with one attached hydrogen (secondary N) is 1. The summed E-state index contributed by atoms with van der Waals surface area (Å²) in [7, 11) is 1.62. The standard InChI is InChI=1S/C24H31ClN2O3S/c1-5-17(2)26-24(29)18(3)27(16-19-6-10-21(30-4)11-7-19)23(28)14-15-31-22-12-8-20(25)9-13-22/h6-13,17-18H,5,14-16H2,1-4H3,(H,26,29)/t17-,18-/m1/s1. The highest BCUT2D eigenvalue weighted by Gasteiger charge is 2.26. The van der Waals surface area contributed by atoms with Crippen LogP contribution >= 0.6 is 23.4 Å². The zero-order valence-electron chi connectivity index (χ0n) is 18.6. The lowest BCUT2D eigenvalue weighted by Gasteiger charge is -2.29. The van der Waals surface area contributed by atoms with Gasteiger partial charge in [-0.1, -0.05) is 30.7 Å². The van der Waals surface area contributed by atoms with Gasteiger partial charge in [-0.2, -0.15) is 0 Å². The molecule has 5 nitrogen and oxygen atoms in total. The number of rotatable bonds is 11. The summed E-state index contributed by atoms with van der Waals surface area (Å²) in [4.78, 5) is 28.5. The highest BCUT2D eigenvalue weighted by atomic mass is 35.5. The van der Waals surface area contributed by atoms with Crippen molar-refractivity contribution in [2.75, 3.05) is 12.9 Å². The molecule has 0 saturated carbocycles. The smallest absolute Gasteiger partial charge is 0.242 e. The van der Waals surface area contributed by atoms with Gasteiger partial charge in [0.05, 0.1) is 7.11 Å². The maximum absolute atomic E-state index is 13.1. The van der Waals surface area contributed by atoms with Gasteiger partial charge < -0.3 is 15.0 Å². The molecule has 168 valence electrons. The first kappa shape index (κ1) is 25.1. The van der Waals surface area contributed by atoms with Gasteiger partial charge in [-0.05, 0) is 62.2 Å². The molecule has 7 heteroatoms. The molecule has 1 N–H and O–H groups in total. The maximum atomic E-state index is 13.1. The molecule has 0 fully saturated rings. The molecule has 0 aliphatic heterocycles. The quantitative estimate of drug-likeness (QED) is 0.468. The molecule has 2 atom stereocenters. The summed E-state index contributed by atoms with van der Waals surface area (Å²) in [5, 5.41) is 3.67. The molecule has 0 heterocycles. The average molecular weight is 463 g/mol. The molecule has 2 aromatic carbocycles. The number of nitrogens with zero attached hydrogens (tertiary/aromatic N) is 1. The van der Waals surface area contributed by atoms with Gasteiger partial charge in [-0.15, -0.1) is 11.8 Å². The van der Waals surface area contributed by atoms with E-state index in [0.717, 1.165) is 22.6 Å². The Labute approximate surface area is 194 Å². The van der Waals surface area contributed by atoms with Gasteiger partial charge in [0.2, 0.25) is 11.8 Å². The van der Waals surface area contributed by atoms with Crippen LogP contribution in [0.15, 0.2) is 53.4 Å². The van der Waals surface area contributed by atoms with Crippen LogP contribution in [0.3, 0.4) is 0 Å². The van der Waals surface area contributed by atoms with Crippen LogP contribution < -0.4 is 10.1 Å². The van der Waals surface area contributed by atoms with Crippen molar-refractivity contribution in [1.82, 2.24) is 10.2 Å². The molecule has 0 bridgehead atoms. The van der Waals surface area contributed by atoms with Crippen molar-refractivity contribution in [3.63, 3.8) is 0 Å². The summed E-state index contributed by atoms with van der Waals surface area (Å²) in [6, 6.07) is 14.6. The average Bonchev–Trinajstić information content (AvgIpc) is 2.78. The Balaban J connectivity index is 2.07. The molecule has 2 rings (SSSR count). The van der Waals surface area contributed by atoms with Gasteiger partial charge in [0.25, 0.3) is 0 Å². The third kappa shape index (κ3) is 8.11. The van der Waals surface area contributed by atoms with Gasteiger partial charge >= 0.3 is 0 Å². The molecule has 31 heavy (non-hydrogen) atoms. The predicted molar refractivity (Wildman–Crippen MR) is 128 cm³/mol. The van der Waals surface area contributed by atoms with E-state index in [2.05, 4.69) is 5.32 Å². The number of amides is 2. The van der Waals surface area contributed by atoms with Gasteiger partial charge in [-0.25, -0.2) is 0 Å². The minimum Gasteiger partial charge on any atom is -0.497 e. The molecular formula is C24H31ClN2O3S. The van der Waals surface area contributed by atoms with Crippen molar-refractivity contribution in [2.24, 2.45) is 0 Å². The number of hydrogen-bond acceptors (Lipinski definition) is 4. The predicted octanol–water partition coefficient (Wildman–Crippen LogP) is 5.16. The Morgan fingerprint density at radius 2 is 1.74 bits per heavy atom. The van der Waals surface area contributed by atoms with E-state index in [0.29, 0.717) is 23.7 Å². The van der Waals surface area contributed by atoms with Crippen LogP contribution in [-0.4, -0.2) is 41.7 Å². The Bertz CT molecular complexity index is 843. The number of methoxy groups -OCH3 is 1. The first-order valence-electron chi connectivity index (χ1n) is 10.4. The molecule has 0 unspecified atom stereocenters. The lowest BCUT2D eigenvalue weighted by molar-refractivity contribution is -0.140. The van der Waals surface area contributed by atoms with E-state index >= 15 is 0 Å². The summed E-state index contributed by atoms with van der Waals surface area (Å²) >= 11 is 7.53. The number of carbonyl (C=O) groups is 2. The number of halogens is 1. The SMILES string of the molecule is CC[C@@H](C)NC(=O)[C@@H](C)N(Cc1ccc(OC)cc1)C(=O)CCSc1ccc(Cl)cc1. The zero-order valence-corrected chi connectivity index (χ0v) is 20.1. The Morgan fingerprint density at radius 1 is 1.10 bits per heavy atom. The number of carbonyl (C=O) groups excluding carboxylic acids is 2. The van der Waals surface area contributed by atoms with Gasteiger partial charge in [0.1, 0.15) is 11.8 Å². The number of ether oxygens (including phenoxy) is 1. The van der Waals surface area contributed by atoms with Crippen LogP contribution in [-0.2, 0) is 16.1 Å². The maximum Gasteiger partial charge on any atom is 0.242 e. The minimum absolute atomic E-state index is 0.0518. The van der Waals surface area contributed by atoms with Crippen LogP contribution in [0.5, 0.6) is 5.75 Å². The van der Waals surface area contributed by atoms with Crippen molar-refractivity contribution >= 4 is 35.2 Å². The Morgan fingerprint density at radius 3 is 2.32 bits per heavy atom. The lowest BCUT2D eigenvalue weighted by Crippen LogP contribution is -2.49. The third-order valence-electron chi connectivity index (χ3n) is 5.08. The van der Waals surface area contributed by atoms with E-state index in [4.69, 9.17) is 16.3 Å². The van der Waals surface area contributed by atoms with Crippen molar-refractivity contribution in [3.8, 4) is 5.75 Å². The molecule has 0 aliphatic carbocycles. The fourth-order valence-corrected chi connectivity index (χ4v) is 3.87. The highest BCUT2D eigenvalue weighted by Crippen LogP contribution is 2.22. The molecular weight excluding hydrogens is 432 g/mol. The second kappa shape index (κ2) is 12.6. The van der Waals surface area contributed by atoms with Gasteiger partial charge in [0.15, 0.2) is 0 Å². The van der Waals surface area contributed by atoms with Gasteiger partial charge in [-0.3, -0.25) is 9.59 Å². The summed E-state index contributed by atoms with van der Waals surface area (Å²) in [5.41, 5.74) is 0.947. The monoisotopic (exact) mass is 462 g/mol. The summed E-state index contributed by atoms with van der Waals surface area (Å²) in [5.74, 6) is 1.19. The highest BCUT2D eigenvalue weighted by molar-refractivity contribution is 7.99. The molecule has 0 saturated heterocycles. The molecule has 0 spiro atoms. The van der Waals surface area contributed by atoms with Crippen LogP contribution in [0.25, 0.3) is 0 Å². The van der Waals surface area contributed by atoms with Crippen molar-refractivity contribution in [2.45, 2.75) is 57.1 Å². The second-order valence-electron chi connectivity index (χ2n) is 7.42. The molecule has 2 aromatic rings. The first-order chi connectivity index (χ1) is 14.8.